The average Bonchev–Trinajstić information content (AvgIpc) is 3.38. The van der Waals surface area contributed by atoms with Crippen LogP contribution in [0.2, 0.25) is 0 Å². The molecule has 4 rings (SSSR count). The lowest BCUT2D eigenvalue weighted by molar-refractivity contribution is 0.0857. The smallest absolute Gasteiger partial charge is 0.253 e. The van der Waals surface area contributed by atoms with Crippen molar-refractivity contribution in [2.75, 3.05) is 6.61 Å². The number of carbonyl (C=O) groups is 1. The number of nitrogens with one attached hydrogen (secondary N) is 1. The molecule has 0 spiro atoms. The lowest BCUT2D eigenvalue weighted by atomic mass is 10.1. The van der Waals surface area contributed by atoms with Gasteiger partial charge in [0.2, 0.25) is 5.88 Å². The van der Waals surface area contributed by atoms with Crippen molar-refractivity contribution in [2.45, 2.75) is 31.4 Å². The van der Waals surface area contributed by atoms with Crippen molar-refractivity contribution in [2.24, 2.45) is 5.92 Å². The van der Waals surface area contributed by atoms with Gasteiger partial charge in [0.25, 0.3) is 5.91 Å². The Morgan fingerprint density at radius 3 is 2.83 bits per heavy atom. The zero-order valence-corrected chi connectivity index (χ0v) is 13.3. The summed E-state index contributed by atoms with van der Waals surface area (Å²) < 4.78 is 5.58. The molecule has 2 aliphatic rings. The predicted molar refractivity (Wildman–Crippen MR) is 88.8 cm³/mol. The van der Waals surface area contributed by atoms with Crippen LogP contribution >= 0.6 is 0 Å². The van der Waals surface area contributed by atoms with Gasteiger partial charge in [-0.3, -0.25) is 4.79 Å². The maximum absolute atomic E-state index is 12.4. The number of aliphatic hydroxyl groups excluding tert-OH is 1. The third kappa shape index (κ3) is 3.12. The fourth-order valence-corrected chi connectivity index (χ4v) is 3.06. The van der Waals surface area contributed by atoms with E-state index in [1.165, 1.54) is 19.0 Å². The Kier molecular flexibility index (Phi) is 3.94. The lowest BCUT2D eigenvalue weighted by Gasteiger charge is -2.18. The zero-order chi connectivity index (χ0) is 16.5. The quantitative estimate of drug-likeness (QED) is 0.885. The molecule has 5 nitrogen and oxygen atoms in total. The summed E-state index contributed by atoms with van der Waals surface area (Å²) in [5, 5.41) is 13.1. The Labute approximate surface area is 140 Å². The molecule has 1 heterocycles. The van der Waals surface area contributed by atoms with Gasteiger partial charge in [0, 0.05) is 18.7 Å². The topological polar surface area (TPSA) is 71.5 Å². The fourth-order valence-electron chi connectivity index (χ4n) is 3.06. The lowest BCUT2D eigenvalue weighted by Crippen LogP contribution is -2.33. The molecule has 0 saturated heterocycles. The standard InChI is InChI=1S/C19H20N2O3/c22-16-9-13-3-1-2-4-15(13)18(16)21-19(23)14-7-8-17(20-10-14)24-11-12-5-6-12/h1-4,7-8,10,12,16,18,22H,5-6,9,11H2,(H,21,23). The first-order chi connectivity index (χ1) is 11.7. The van der Waals surface area contributed by atoms with Crippen LogP contribution in [0.25, 0.3) is 0 Å². The largest absolute Gasteiger partial charge is 0.477 e. The number of nitrogens with zero attached hydrogens (tertiary/aromatic N) is 1. The molecule has 1 aromatic heterocycles. The molecular weight excluding hydrogens is 304 g/mol. The summed E-state index contributed by atoms with van der Waals surface area (Å²) in [4.78, 5) is 16.6. The van der Waals surface area contributed by atoms with Crippen LogP contribution in [0.5, 0.6) is 5.88 Å². The van der Waals surface area contributed by atoms with Crippen LogP contribution in [0.4, 0.5) is 0 Å². The van der Waals surface area contributed by atoms with Gasteiger partial charge in [-0.05, 0) is 36.0 Å². The second kappa shape index (κ2) is 6.24. The van der Waals surface area contributed by atoms with Crippen LogP contribution in [-0.4, -0.2) is 28.7 Å². The van der Waals surface area contributed by atoms with Gasteiger partial charge in [0.05, 0.1) is 24.3 Å². The highest BCUT2D eigenvalue weighted by molar-refractivity contribution is 5.94. The Morgan fingerprint density at radius 1 is 1.25 bits per heavy atom. The van der Waals surface area contributed by atoms with Gasteiger partial charge in [0.15, 0.2) is 0 Å². The number of hydrogen-bond acceptors (Lipinski definition) is 4. The predicted octanol–water partition coefficient (Wildman–Crippen LogP) is 2.26. The van der Waals surface area contributed by atoms with Gasteiger partial charge in [-0.1, -0.05) is 24.3 Å². The first-order valence-electron chi connectivity index (χ1n) is 8.36. The van der Waals surface area contributed by atoms with Crippen molar-refractivity contribution in [1.82, 2.24) is 10.3 Å². The van der Waals surface area contributed by atoms with E-state index in [1.807, 2.05) is 24.3 Å². The molecule has 2 aliphatic carbocycles. The summed E-state index contributed by atoms with van der Waals surface area (Å²) in [5.41, 5.74) is 2.53. The molecule has 0 aliphatic heterocycles. The van der Waals surface area contributed by atoms with E-state index in [4.69, 9.17) is 4.74 Å². The molecule has 1 aromatic carbocycles. The van der Waals surface area contributed by atoms with Gasteiger partial charge >= 0.3 is 0 Å². The van der Waals surface area contributed by atoms with Crippen molar-refractivity contribution in [3.8, 4) is 5.88 Å². The monoisotopic (exact) mass is 324 g/mol. The van der Waals surface area contributed by atoms with Crippen molar-refractivity contribution < 1.29 is 14.6 Å². The molecule has 5 heteroatoms. The van der Waals surface area contributed by atoms with E-state index in [0.717, 1.165) is 11.1 Å². The van der Waals surface area contributed by atoms with E-state index in [0.29, 0.717) is 30.4 Å². The molecule has 2 N–H and O–H groups in total. The van der Waals surface area contributed by atoms with Crippen molar-refractivity contribution in [3.05, 3.63) is 59.3 Å². The highest BCUT2D eigenvalue weighted by Gasteiger charge is 2.32. The highest BCUT2D eigenvalue weighted by Crippen LogP contribution is 2.31. The van der Waals surface area contributed by atoms with Crippen LogP contribution < -0.4 is 10.1 Å². The number of carbonyl (C=O) groups excluding carboxylic acids is 1. The van der Waals surface area contributed by atoms with Crippen molar-refractivity contribution in [3.63, 3.8) is 0 Å². The van der Waals surface area contributed by atoms with Gasteiger partial charge < -0.3 is 15.2 Å². The van der Waals surface area contributed by atoms with Crippen LogP contribution in [0.3, 0.4) is 0 Å². The Balaban J connectivity index is 1.42. The number of amides is 1. The normalized spacial score (nSPS) is 22.0. The summed E-state index contributed by atoms with van der Waals surface area (Å²) in [5.74, 6) is 0.973. The van der Waals surface area contributed by atoms with Crippen molar-refractivity contribution in [1.29, 1.82) is 0 Å². The number of fused-ring (bicyclic) bond motifs is 1. The van der Waals surface area contributed by atoms with Crippen LogP contribution in [-0.2, 0) is 6.42 Å². The highest BCUT2D eigenvalue weighted by atomic mass is 16.5. The van der Waals surface area contributed by atoms with Crippen molar-refractivity contribution >= 4 is 5.91 Å². The van der Waals surface area contributed by atoms with Gasteiger partial charge in [-0.15, -0.1) is 0 Å². The van der Waals surface area contributed by atoms with Crippen LogP contribution in [0.15, 0.2) is 42.6 Å². The third-order valence-electron chi connectivity index (χ3n) is 4.65. The Bertz CT molecular complexity index is 741. The number of rotatable bonds is 5. The molecule has 1 amide bonds. The average molecular weight is 324 g/mol. The molecule has 2 atom stereocenters. The van der Waals surface area contributed by atoms with E-state index in [-0.39, 0.29) is 11.9 Å². The molecule has 124 valence electrons. The molecule has 0 radical (unpaired) electrons. The summed E-state index contributed by atoms with van der Waals surface area (Å²) in [7, 11) is 0. The van der Waals surface area contributed by atoms with Gasteiger partial charge in [-0.25, -0.2) is 4.98 Å². The second-order valence-corrected chi connectivity index (χ2v) is 6.56. The van der Waals surface area contributed by atoms with Gasteiger partial charge in [-0.2, -0.15) is 0 Å². The zero-order valence-electron chi connectivity index (χ0n) is 13.3. The molecule has 24 heavy (non-hydrogen) atoms. The number of aromatic nitrogens is 1. The molecule has 0 bridgehead atoms. The fraction of sp³-hybridized carbons (Fsp3) is 0.368. The molecular formula is C19H20N2O3. The maximum Gasteiger partial charge on any atom is 0.253 e. The van der Waals surface area contributed by atoms with Crippen LogP contribution in [0, 0.1) is 5.92 Å². The number of ether oxygens (including phenoxy) is 1. The molecule has 2 unspecified atom stereocenters. The second-order valence-electron chi connectivity index (χ2n) is 6.56. The SMILES string of the molecule is O=C(NC1c2ccccc2CC1O)c1ccc(OCC2CC2)nc1. The maximum atomic E-state index is 12.4. The van der Waals surface area contributed by atoms with E-state index < -0.39 is 6.10 Å². The van der Waals surface area contributed by atoms with E-state index in [9.17, 15) is 9.90 Å². The number of benzene rings is 1. The molecule has 1 saturated carbocycles. The summed E-state index contributed by atoms with van der Waals surface area (Å²) in [6, 6.07) is 10.8. The minimum Gasteiger partial charge on any atom is -0.477 e. The first kappa shape index (κ1) is 15.1. The molecule has 1 fully saturated rings. The Hall–Kier alpha value is -2.40. The van der Waals surface area contributed by atoms with E-state index >= 15 is 0 Å². The number of aliphatic hydroxyl groups is 1. The number of pyridine rings is 1. The summed E-state index contributed by atoms with van der Waals surface area (Å²) in [6.45, 7) is 0.698. The Morgan fingerprint density at radius 2 is 2.08 bits per heavy atom. The molecule has 2 aromatic rings. The first-order valence-corrected chi connectivity index (χ1v) is 8.36. The minimum atomic E-state index is -0.597. The minimum absolute atomic E-state index is 0.239. The summed E-state index contributed by atoms with van der Waals surface area (Å²) >= 11 is 0. The summed E-state index contributed by atoms with van der Waals surface area (Å²) in [6.07, 6.45) is 3.94. The number of hydrogen-bond donors (Lipinski definition) is 2. The van der Waals surface area contributed by atoms with Crippen LogP contribution in [0.1, 0.15) is 40.4 Å². The van der Waals surface area contributed by atoms with Gasteiger partial charge in [0.1, 0.15) is 0 Å². The third-order valence-corrected chi connectivity index (χ3v) is 4.65. The van der Waals surface area contributed by atoms with E-state index in [2.05, 4.69) is 10.3 Å². The van der Waals surface area contributed by atoms with E-state index in [1.54, 1.807) is 12.1 Å².